The number of ether oxygens (including phenoxy) is 3. The third-order valence-electron chi connectivity index (χ3n) is 2.62. The lowest BCUT2D eigenvalue weighted by molar-refractivity contribution is 0.0598. The Morgan fingerprint density at radius 2 is 1.50 bits per heavy atom. The van der Waals surface area contributed by atoms with Gasteiger partial charge in [0.2, 0.25) is 0 Å². The number of sulfonamides is 1. The molecule has 0 radical (unpaired) electrons. The summed E-state index contributed by atoms with van der Waals surface area (Å²) in [5.41, 5.74) is 1.45. The van der Waals surface area contributed by atoms with Gasteiger partial charge in [-0.3, -0.25) is 0 Å². The molecule has 0 spiro atoms. The van der Waals surface area contributed by atoms with Crippen LogP contribution in [0.4, 0.5) is 4.79 Å². The number of hydrogen-bond donors (Lipinski definition) is 2. The van der Waals surface area contributed by atoms with Crippen molar-refractivity contribution in [3.8, 4) is 0 Å². The van der Waals surface area contributed by atoms with E-state index in [1.165, 1.54) is 6.92 Å². The monoisotopic (exact) mass is 360 g/mol. The number of esters is 2. The summed E-state index contributed by atoms with van der Waals surface area (Å²) < 4.78 is 37.9. The normalized spacial score (nSPS) is 10.6. The molecule has 0 aliphatic carbocycles. The number of benzene rings is 1. The van der Waals surface area contributed by atoms with E-state index in [2.05, 4.69) is 14.2 Å². The van der Waals surface area contributed by atoms with Gasteiger partial charge in [-0.1, -0.05) is 0 Å². The van der Waals surface area contributed by atoms with Crippen molar-refractivity contribution in [2.45, 2.75) is 11.8 Å². The second-order valence-electron chi connectivity index (χ2n) is 4.18. The van der Waals surface area contributed by atoms with Crippen LogP contribution in [0.3, 0.4) is 0 Å². The first-order valence-electron chi connectivity index (χ1n) is 6.51. The van der Waals surface area contributed by atoms with Crippen molar-refractivity contribution < 1.29 is 37.0 Å². The number of hydrazine groups is 1. The molecule has 0 aromatic heterocycles. The SMILES string of the molecule is CCOC(=O)NNS(=O)(=O)c1cc(C(=O)OC)cc(C(=O)OC)c1. The van der Waals surface area contributed by atoms with Crippen molar-refractivity contribution >= 4 is 28.1 Å². The van der Waals surface area contributed by atoms with E-state index in [9.17, 15) is 22.8 Å². The fourth-order valence-corrected chi connectivity index (χ4v) is 2.46. The smallest absolute Gasteiger partial charge is 0.422 e. The summed E-state index contributed by atoms with van der Waals surface area (Å²) in [5, 5.41) is 0. The molecule has 10 nitrogen and oxygen atoms in total. The number of amides is 1. The molecule has 0 saturated carbocycles. The third-order valence-corrected chi connectivity index (χ3v) is 3.85. The van der Waals surface area contributed by atoms with Crippen molar-refractivity contribution in [1.29, 1.82) is 0 Å². The third kappa shape index (κ3) is 4.93. The molecule has 1 aromatic rings. The zero-order valence-electron chi connectivity index (χ0n) is 13.1. The molecular weight excluding hydrogens is 344 g/mol. The van der Waals surface area contributed by atoms with Gasteiger partial charge in [0.1, 0.15) is 0 Å². The van der Waals surface area contributed by atoms with Gasteiger partial charge in [0, 0.05) is 0 Å². The molecule has 2 N–H and O–H groups in total. The van der Waals surface area contributed by atoms with Crippen molar-refractivity contribution in [1.82, 2.24) is 10.3 Å². The number of methoxy groups -OCH3 is 2. The van der Waals surface area contributed by atoms with E-state index in [1.807, 2.05) is 5.43 Å². The minimum atomic E-state index is -4.28. The molecule has 11 heteroatoms. The standard InChI is InChI=1S/C13H16N2O8S/c1-4-23-13(18)14-15-24(19,20)10-6-8(11(16)21-2)5-9(7-10)12(17)22-3/h5-7,15H,4H2,1-3H3,(H,14,18). The highest BCUT2D eigenvalue weighted by molar-refractivity contribution is 7.89. The maximum Gasteiger partial charge on any atom is 0.422 e. The van der Waals surface area contributed by atoms with Gasteiger partial charge in [0.15, 0.2) is 0 Å². The molecule has 1 rings (SSSR count). The van der Waals surface area contributed by atoms with E-state index in [0.717, 1.165) is 32.4 Å². The minimum Gasteiger partial charge on any atom is -0.465 e. The van der Waals surface area contributed by atoms with Crippen molar-refractivity contribution in [3.63, 3.8) is 0 Å². The van der Waals surface area contributed by atoms with E-state index in [1.54, 1.807) is 4.83 Å². The summed E-state index contributed by atoms with van der Waals surface area (Å²) in [4.78, 5) is 35.7. The van der Waals surface area contributed by atoms with Crippen LogP contribution in [0.15, 0.2) is 23.1 Å². The lowest BCUT2D eigenvalue weighted by Gasteiger charge is -2.10. The van der Waals surface area contributed by atoms with Gasteiger partial charge in [-0.25, -0.2) is 28.2 Å². The first kappa shape index (κ1) is 19.4. The quantitative estimate of drug-likeness (QED) is 0.417. The Balaban J connectivity index is 3.22. The first-order chi connectivity index (χ1) is 11.2. The highest BCUT2D eigenvalue weighted by atomic mass is 32.2. The van der Waals surface area contributed by atoms with E-state index >= 15 is 0 Å². The molecule has 0 saturated heterocycles. The van der Waals surface area contributed by atoms with Crippen molar-refractivity contribution in [2.24, 2.45) is 0 Å². The summed E-state index contributed by atoms with van der Waals surface area (Å²) in [6.07, 6.45) is -1.02. The zero-order valence-corrected chi connectivity index (χ0v) is 13.9. The van der Waals surface area contributed by atoms with Crippen molar-refractivity contribution in [2.75, 3.05) is 20.8 Å². The molecule has 0 fully saturated rings. The minimum absolute atomic E-state index is 0.0396. The molecular formula is C13H16N2O8S. The number of rotatable bonds is 6. The van der Waals surface area contributed by atoms with Gasteiger partial charge in [-0.05, 0) is 25.1 Å². The molecule has 0 bridgehead atoms. The molecule has 0 atom stereocenters. The Morgan fingerprint density at radius 1 is 1.00 bits per heavy atom. The Morgan fingerprint density at radius 3 is 1.92 bits per heavy atom. The summed E-state index contributed by atoms with van der Waals surface area (Å²) >= 11 is 0. The largest absolute Gasteiger partial charge is 0.465 e. The van der Waals surface area contributed by atoms with Crippen molar-refractivity contribution in [3.05, 3.63) is 29.3 Å². The lowest BCUT2D eigenvalue weighted by atomic mass is 10.1. The predicted octanol–water partition coefficient (Wildman–Crippen LogP) is 0.199. The molecule has 0 aliphatic heterocycles. The average Bonchev–Trinajstić information content (AvgIpc) is 2.58. The lowest BCUT2D eigenvalue weighted by Crippen LogP contribution is -2.41. The van der Waals surface area contributed by atoms with Crippen LogP contribution in [0.25, 0.3) is 0 Å². The van der Waals surface area contributed by atoms with Gasteiger partial charge in [0.05, 0.1) is 36.8 Å². The summed E-state index contributed by atoms with van der Waals surface area (Å²) in [6.45, 7) is 1.58. The Labute approximate surface area is 138 Å². The average molecular weight is 360 g/mol. The Hall–Kier alpha value is -2.66. The van der Waals surface area contributed by atoms with E-state index in [4.69, 9.17) is 0 Å². The molecule has 1 aromatic carbocycles. The fraction of sp³-hybridized carbons (Fsp3) is 0.308. The topological polar surface area (TPSA) is 137 Å². The Bertz CT molecular complexity index is 710. The van der Waals surface area contributed by atoms with Crippen LogP contribution < -0.4 is 10.3 Å². The van der Waals surface area contributed by atoms with Crippen LogP contribution in [-0.2, 0) is 24.2 Å². The first-order valence-corrected chi connectivity index (χ1v) is 7.99. The second-order valence-corrected chi connectivity index (χ2v) is 5.86. The van der Waals surface area contributed by atoms with E-state index < -0.39 is 33.0 Å². The predicted molar refractivity (Wildman–Crippen MR) is 79.6 cm³/mol. The number of nitrogens with one attached hydrogen (secondary N) is 2. The van der Waals surface area contributed by atoms with Gasteiger partial charge < -0.3 is 14.2 Å². The highest BCUT2D eigenvalue weighted by Gasteiger charge is 2.21. The molecule has 0 unspecified atom stereocenters. The van der Waals surface area contributed by atoms with Crippen LogP contribution in [0, 0.1) is 0 Å². The van der Waals surface area contributed by atoms with Crippen LogP contribution in [0.1, 0.15) is 27.6 Å². The van der Waals surface area contributed by atoms with Crippen LogP contribution >= 0.6 is 0 Å². The summed E-state index contributed by atoms with van der Waals surface area (Å²) in [6, 6.07) is 3.08. The van der Waals surface area contributed by atoms with Gasteiger partial charge in [0.25, 0.3) is 10.0 Å². The fourth-order valence-electron chi connectivity index (χ4n) is 1.56. The maximum absolute atomic E-state index is 12.2. The summed E-state index contributed by atoms with van der Waals surface area (Å²) in [7, 11) is -2.08. The van der Waals surface area contributed by atoms with Crippen LogP contribution in [0.2, 0.25) is 0 Å². The molecule has 0 heterocycles. The molecule has 132 valence electrons. The van der Waals surface area contributed by atoms with E-state index in [-0.39, 0.29) is 17.7 Å². The van der Waals surface area contributed by atoms with Gasteiger partial charge >= 0.3 is 18.0 Å². The van der Waals surface area contributed by atoms with Crippen LogP contribution in [0.5, 0.6) is 0 Å². The Kier molecular flexibility index (Phi) is 6.68. The highest BCUT2D eigenvalue weighted by Crippen LogP contribution is 2.17. The number of carbonyl (C=O) groups excluding carboxylic acids is 3. The second kappa shape index (κ2) is 8.26. The van der Waals surface area contributed by atoms with E-state index in [0.29, 0.717) is 0 Å². The number of carbonyl (C=O) groups is 3. The maximum atomic E-state index is 12.2. The molecule has 24 heavy (non-hydrogen) atoms. The summed E-state index contributed by atoms with van der Waals surface area (Å²) in [5.74, 6) is -1.70. The molecule has 1 amide bonds. The number of hydrogen-bond acceptors (Lipinski definition) is 8. The molecule has 0 aliphatic rings. The van der Waals surface area contributed by atoms with Gasteiger partial charge in [-0.15, -0.1) is 4.83 Å². The van der Waals surface area contributed by atoms with Gasteiger partial charge in [-0.2, -0.15) is 0 Å². The van der Waals surface area contributed by atoms with Crippen LogP contribution in [-0.4, -0.2) is 47.3 Å². The zero-order chi connectivity index (χ0) is 18.3.